The van der Waals surface area contributed by atoms with Crippen LogP contribution in [0, 0.1) is 5.82 Å². The van der Waals surface area contributed by atoms with Crippen molar-refractivity contribution in [3.05, 3.63) is 59.8 Å². The molecule has 1 aliphatic carbocycles. The molecule has 10 heteroatoms. The van der Waals surface area contributed by atoms with E-state index in [1.54, 1.807) is 42.0 Å². The molecule has 34 heavy (non-hydrogen) atoms. The highest BCUT2D eigenvalue weighted by atomic mass is 19.1. The number of nitrogens with zero attached hydrogens (tertiary/aromatic N) is 5. The lowest BCUT2D eigenvalue weighted by Crippen LogP contribution is -2.33. The first-order chi connectivity index (χ1) is 16.4. The average molecular weight is 459 g/mol. The zero-order chi connectivity index (χ0) is 23.4. The summed E-state index contributed by atoms with van der Waals surface area (Å²) in [6, 6.07) is 5.76. The minimum absolute atomic E-state index is 0.102. The molecule has 4 aromatic rings. The number of amides is 1. The maximum atomic E-state index is 13.5. The molecule has 3 aromatic heterocycles. The summed E-state index contributed by atoms with van der Waals surface area (Å²) in [6.45, 7) is 1.73. The first-order valence-corrected chi connectivity index (χ1v) is 11.2. The maximum absolute atomic E-state index is 13.5. The first-order valence-electron chi connectivity index (χ1n) is 11.2. The Morgan fingerprint density at radius 2 is 1.94 bits per heavy atom. The van der Waals surface area contributed by atoms with Gasteiger partial charge in [0.25, 0.3) is 5.88 Å². The summed E-state index contributed by atoms with van der Waals surface area (Å²) in [5.41, 5.74) is 7.34. The van der Waals surface area contributed by atoms with E-state index in [0.29, 0.717) is 34.2 Å². The fourth-order valence-corrected chi connectivity index (χ4v) is 4.83. The van der Waals surface area contributed by atoms with Gasteiger partial charge in [-0.1, -0.05) is 12.1 Å². The van der Waals surface area contributed by atoms with Crippen molar-refractivity contribution in [3.63, 3.8) is 0 Å². The van der Waals surface area contributed by atoms with Crippen LogP contribution < -0.4 is 15.8 Å². The van der Waals surface area contributed by atoms with Crippen LogP contribution in [0.1, 0.15) is 43.7 Å². The third kappa shape index (κ3) is 3.09. The number of nitrogens with two attached hydrogens (primary N) is 1. The van der Waals surface area contributed by atoms with Crippen molar-refractivity contribution in [1.29, 1.82) is 0 Å². The fourth-order valence-electron chi connectivity index (χ4n) is 4.83. The zero-order valence-electron chi connectivity index (χ0n) is 18.5. The molecule has 1 atom stereocenters. The molecule has 2 aliphatic rings. The van der Waals surface area contributed by atoms with Gasteiger partial charge in [-0.3, -0.25) is 4.79 Å². The molecule has 4 heterocycles. The Kier molecular flexibility index (Phi) is 4.51. The van der Waals surface area contributed by atoms with Crippen molar-refractivity contribution >= 4 is 23.2 Å². The van der Waals surface area contributed by atoms with E-state index in [0.717, 1.165) is 25.7 Å². The normalized spacial score (nSPS) is 20.0. The summed E-state index contributed by atoms with van der Waals surface area (Å²) in [7, 11) is 0. The quantitative estimate of drug-likeness (QED) is 0.479. The van der Waals surface area contributed by atoms with E-state index in [2.05, 4.69) is 25.3 Å². The smallest absolute Gasteiger partial charge is 0.259 e. The molecule has 1 amide bonds. The van der Waals surface area contributed by atoms with E-state index in [9.17, 15) is 9.18 Å². The van der Waals surface area contributed by atoms with Crippen LogP contribution in [0.2, 0.25) is 0 Å². The van der Waals surface area contributed by atoms with Crippen LogP contribution in [0.3, 0.4) is 0 Å². The van der Waals surface area contributed by atoms with E-state index < -0.39 is 5.41 Å². The third-order valence-electron chi connectivity index (χ3n) is 6.70. The second kappa shape index (κ2) is 7.47. The third-order valence-corrected chi connectivity index (χ3v) is 6.70. The van der Waals surface area contributed by atoms with Gasteiger partial charge in [0.05, 0.1) is 5.56 Å². The molecule has 9 nitrogen and oxygen atoms in total. The molecular formula is C24H22FN7O2. The Morgan fingerprint density at radius 3 is 2.71 bits per heavy atom. The van der Waals surface area contributed by atoms with Crippen molar-refractivity contribution in [3.8, 4) is 17.4 Å². The van der Waals surface area contributed by atoms with Gasteiger partial charge in [0, 0.05) is 18.6 Å². The highest BCUT2D eigenvalue weighted by Gasteiger charge is 2.47. The average Bonchev–Trinajstić information content (AvgIpc) is 3.55. The number of anilines is 2. The van der Waals surface area contributed by atoms with Crippen LogP contribution in [-0.4, -0.2) is 36.3 Å². The largest absolute Gasteiger partial charge is 0.472 e. The lowest BCUT2D eigenvalue weighted by molar-refractivity contribution is -0.119. The van der Waals surface area contributed by atoms with E-state index in [1.165, 1.54) is 12.1 Å². The number of carbonyl (C=O) groups is 1. The topological polar surface area (TPSA) is 120 Å². The molecular weight excluding hydrogens is 437 g/mol. The van der Waals surface area contributed by atoms with Gasteiger partial charge in [-0.2, -0.15) is 0 Å². The summed E-state index contributed by atoms with van der Waals surface area (Å²) < 4.78 is 21.5. The maximum Gasteiger partial charge on any atom is 0.259 e. The predicted octanol–water partition coefficient (Wildman–Crippen LogP) is 3.49. The highest BCUT2D eigenvalue weighted by Crippen LogP contribution is 2.45. The molecule has 0 saturated heterocycles. The summed E-state index contributed by atoms with van der Waals surface area (Å²) >= 11 is 0. The molecule has 6 rings (SSSR count). The fraction of sp³-hybridized carbons (Fsp3) is 0.292. The van der Waals surface area contributed by atoms with Gasteiger partial charge >= 0.3 is 0 Å². The lowest BCUT2D eigenvalue weighted by Gasteiger charge is -2.23. The zero-order valence-corrected chi connectivity index (χ0v) is 18.5. The van der Waals surface area contributed by atoms with E-state index in [1.807, 2.05) is 0 Å². The number of hydrogen-bond donors (Lipinski definition) is 2. The summed E-state index contributed by atoms with van der Waals surface area (Å²) in [6.07, 6.45) is 9.55. The molecule has 0 spiro atoms. The molecule has 0 bridgehead atoms. The number of carbonyl (C=O) groups excluding carboxylic acids is 1. The summed E-state index contributed by atoms with van der Waals surface area (Å²) in [5.74, 6) is 0.433. The van der Waals surface area contributed by atoms with Crippen LogP contribution in [0.5, 0.6) is 5.88 Å². The molecule has 1 fully saturated rings. The second-order valence-electron chi connectivity index (χ2n) is 8.86. The number of ether oxygens (including phenoxy) is 1. The molecule has 3 N–H and O–H groups in total. The van der Waals surface area contributed by atoms with Crippen molar-refractivity contribution in [2.75, 3.05) is 11.1 Å². The Morgan fingerprint density at radius 1 is 1.18 bits per heavy atom. The number of fused-ring (bicyclic) bond motifs is 2. The number of aromatic nitrogens is 5. The minimum Gasteiger partial charge on any atom is -0.472 e. The number of hydrogen-bond acceptors (Lipinski definition) is 7. The van der Waals surface area contributed by atoms with E-state index >= 15 is 0 Å². The molecule has 172 valence electrons. The van der Waals surface area contributed by atoms with Gasteiger partial charge in [0.15, 0.2) is 5.82 Å². The Hall–Kier alpha value is -4.08. The molecule has 1 unspecified atom stereocenters. The highest BCUT2D eigenvalue weighted by molar-refractivity contribution is 6.09. The van der Waals surface area contributed by atoms with Crippen molar-refractivity contribution in [1.82, 2.24) is 24.3 Å². The van der Waals surface area contributed by atoms with Crippen LogP contribution in [0.25, 0.3) is 17.2 Å². The Bertz CT molecular complexity index is 1430. The van der Waals surface area contributed by atoms with Gasteiger partial charge in [0.1, 0.15) is 34.7 Å². The Balaban J connectivity index is 1.45. The first kappa shape index (κ1) is 20.5. The molecule has 1 aromatic carbocycles. The number of nitrogen functional groups attached to an aromatic ring is 1. The molecule has 1 aliphatic heterocycles. The van der Waals surface area contributed by atoms with Crippen LogP contribution >= 0.6 is 0 Å². The van der Waals surface area contributed by atoms with Crippen LogP contribution in [0.4, 0.5) is 16.0 Å². The van der Waals surface area contributed by atoms with E-state index in [-0.39, 0.29) is 29.5 Å². The Labute approximate surface area is 194 Å². The van der Waals surface area contributed by atoms with Gasteiger partial charge < -0.3 is 20.2 Å². The van der Waals surface area contributed by atoms with Gasteiger partial charge in [-0.15, -0.1) is 0 Å². The van der Waals surface area contributed by atoms with E-state index in [4.69, 9.17) is 10.5 Å². The second-order valence-corrected chi connectivity index (χ2v) is 8.86. The standard InChI is InChI=1S/C24H22FN7O2/c1-24(13-6-8-14(25)9-7-13)17-18(26)29-19(30-20(17)31-23(24)33)16-12-32-11-10-27-21(32)22(28-16)34-15-4-2-3-5-15/h6-12,15H,2-5H2,1H3,(H3,26,29,30,31,33). The van der Waals surface area contributed by atoms with Gasteiger partial charge in [-0.05, 0) is 50.3 Å². The molecule has 1 saturated carbocycles. The number of rotatable bonds is 4. The van der Waals surface area contributed by atoms with Crippen LogP contribution in [-0.2, 0) is 10.2 Å². The minimum atomic E-state index is -1.15. The predicted molar refractivity (Wildman–Crippen MR) is 123 cm³/mol. The van der Waals surface area contributed by atoms with Crippen molar-refractivity contribution < 1.29 is 13.9 Å². The van der Waals surface area contributed by atoms with Crippen molar-refractivity contribution in [2.24, 2.45) is 0 Å². The number of halogens is 1. The lowest BCUT2D eigenvalue weighted by atomic mass is 9.78. The van der Waals surface area contributed by atoms with Crippen molar-refractivity contribution in [2.45, 2.75) is 44.1 Å². The number of imidazole rings is 1. The number of nitrogens with one attached hydrogen (secondary N) is 1. The summed E-state index contributed by atoms with van der Waals surface area (Å²) in [4.78, 5) is 31.2. The summed E-state index contributed by atoms with van der Waals surface area (Å²) in [5, 5.41) is 2.82. The molecule has 0 radical (unpaired) electrons. The van der Waals surface area contributed by atoms with Gasteiger partial charge in [-0.25, -0.2) is 24.3 Å². The monoisotopic (exact) mass is 459 g/mol. The number of benzene rings is 1. The van der Waals surface area contributed by atoms with Gasteiger partial charge in [0.2, 0.25) is 11.6 Å². The SMILES string of the molecule is CC1(c2ccc(F)cc2)C(=O)Nc2nc(-c3cn4ccnc4c(OC4CCCC4)n3)nc(N)c21. The van der Waals surface area contributed by atoms with Crippen LogP contribution in [0.15, 0.2) is 42.9 Å².